The van der Waals surface area contributed by atoms with Crippen LogP contribution in [-0.4, -0.2) is 60.9 Å². The molecular weight excluding hydrogens is 292 g/mol. The van der Waals surface area contributed by atoms with Crippen LogP contribution in [0.25, 0.3) is 0 Å². The summed E-state index contributed by atoms with van der Waals surface area (Å²) in [6.45, 7) is 2.77. The highest BCUT2D eigenvalue weighted by atomic mass is 19.1. The summed E-state index contributed by atoms with van der Waals surface area (Å²) in [7, 11) is 0. The predicted octanol–water partition coefficient (Wildman–Crippen LogP) is 0.469. The third-order valence-electron chi connectivity index (χ3n) is 4.19. The van der Waals surface area contributed by atoms with Crippen LogP contribution in [0.4, 0.5) is 8.78 Å². The number of amides is 2. The molecule has 118 valence electrons. The van der Waals surface area contributed by atoms with Crippen molar-refractivity contribution in [1.82, 2.24) is 15.1 Å². The molecule has 2 amide bonds. The quantitative estimate of drug-likeness (QED) is 0.864. The van der Waals surface area contributed by atoms with Crippen molar-refractivity contribution in [3.8, 4) is 0 Å². The topological polar surface area (TPSA) is 52.7 Å². The van der Waals surface area contributed by atoms with Crippen molar-refractivity contribution in [2.45, 2.75) is 0 Å². The Morgan fingerprint density at radius 1 is 1.00 bits per heavy atom. The molecule has 0 aromatic heterocycles. The van der Waals surface area contributed by atoms with Crippen LogP contribution < -0.4 is 5.32 Å². The zero-order valence-corrected chi connectivity index (χ0v) is 12.0. The van der Waals surface area contributed by atoms with E-state index in [1.54, 1.807) is 4.90 Å². The van der Waals surface area contributed by atoms with Crippen LogP contribution in [0.5, 0.6) is 0 Å². The first-order valence-corrected chi connectivity index (χ1v) is 7.30. The maximum atomic E-state index is 13.7. The van der Waals surface area contributed by atoms with E-state index in [0.29, 0.717) is 39.3 Å². The fourth-order valence-electron chi connectivity index (χ4n) is 2.71. The van der Waals surface area contributed by atoms with Gasteiger partial charge in [0.25, 0.3) is 5.91 Å². The van der Waals surface area contributed by atoms with Gasteiger partial charge in [0.1, 0.15) is 17.2 Å². The molecule has 2 aliphatic rings. The van der Waals surface area contributed by atoms with Gasteiger partial charge in [-0.15, -0.1) is 0 Å². The molecule has 0 unspecified atom stereocenters. The van der Waals surface area contributed by atoms with E-state index in [2.05, 4.69) is 5.32 Å². The highest BCUT2D eigenvalue weighted by molar-refractivity contribution is 5.95. The van der Waals surface area contributed by atoms with Crippen molar-refractivity contribution in [3.05, 3.63) is 35.4 Å². The van der Waals surface area contributed by atoms with Crippen LogP contribution >= 0.6 is 0 Å². The molecule has 5 nitrogen and oxygen atoms in total. The van der Waals surface area contributed by atoms with E-state index in [1.165, 1.54) is 11.0 Å². The molecule has 2 fully saturated rings. The monoisotopic (exact) mass is 309 g/mol. The van der Waals surface area contributed by atoms with E-state index in [0.717, 1.165) is 12.1 Å². The fraction of sp³-hybridized carbons (Fsp3) is 0.467. The molecule has 0 saturated carbocycles. The highest BCUT2D eigenvalue weighted by Gasteiger charge is 2.33. The van der Waals surface area contributed by atoms with Gasteiger partial charge >= 0.3 is 0 Å². The number of carbonyl (C=O) groups excluding carboxylic acids is 2. The van der Waals surface area contributed by atoms with Gasteiger partial charge in [-0.05, 0) is 12.1 Å². The summed E-state index contributed by atoms with van der Waals surface area (Å²) >= 11 is 0. The number of halogens is 2. The minimum Gasteiger partial charge on any atom is -0.339 e. The summed E-state index contributed by atoms with van der Waals surface area (Å²) in [5, 5.41) is 3.05. The third-order valence-corrected chi connectivity index (χ3v) is 4.19. The molecule has 1 aromatic carbocycles. The first kappa shape index (κ1) is 14.9. The molecule has 1 aromatic rings. The van der Waals surface area contributed by atoms with Gasteiger partial charge in [0.15, 0.2) is 0 Å². The van der Waals surface area contributed by atoms with Gasteiger partial charge in [0, 0.05) is 39.3 Å². The molecule has 0 bridgehead atoms. The highest BCUT2D eigenvalue weighted by Crippen LogP contribution is 2.17. The molecule has 0 spiro atoms. The summed E-state index contributed by atoms with van der Waals surface area (Å²) < 4.78 is 27.3. The fourth-order valence-corrected chi connectivity index (χ4v) is 2.71. The van der Waals surface area contributed by atoms with Crippen molar-refractivity contribution in [2.24, 2.45) is 5.92 Å². The molecule has 0 atom stereocenters. The van der Waals surface area contributed by atoms with Crippen LogP contribution in [0.15, 0.2) is 18.2 Å². The minimum absolute atomic E-state index is 0.0197. The molecular formula is C15H17F2N3O2. The standard InChI is InChI=1S/C15H17F2N3O2/c16-11-2-1-3-12(17)13(11)15(22)20-6-4-19(5-7-20)14(21)10-8-18-9-10/h1-3,10,18H,4-9H2. The number of carbonyl (C=O) groups is 2. The van der Waals surface area contributed by atoms with Crippen LogP contribution in [0.3, 0.4) is 0 Å². The van der Waals surface area contributed by atoms with Gasteiger partial charge in [0.05, 0.1) is 5.92 Å². The van der Waals surface area contributed by atoms with Crippen LogP contribution in [0, 0.1) is 17.6 Å². The van der Waals surface area contributed by atoms with E-state index >= 15 is 0 Å². The second-order valence-electron chi connectivity index (χ2n) is 5.57. The third kappa shape index (κ3) is 2.68. The maximum absolute atomic E-state index is 13.7. The number of benzene rings is 1. The SMILES string of the molecule is O=C(c1c(F)cccc1F)N1CCN(C(=O)C2CNC2)CC1. The van der Waals surface area contributed by atoms with E-state index in [4.69, 9.17) is 0 Å². The molecule has 2 aliphatic heterocycles. The van der Waals surface area contributed by atoms with Gasteiger partial charge in [-0.2, -0.15) is 0 Å². The second kappa shape index (κ2) is 6.00. The summed E-state index contributed by atoms with van der Waals surface area (Å²) in [6, 6.07) is 3.37. The van der Waals surface area contributed by atoms with E-state index in [9.17, 15) is 18.4 Å². The zero-order chi connectivity index (χ0) is 15.7. The number of nitrogens with one attached hydrogen (secondary N) is 1. The van der Waals surface area contributed by atoms with Crippen molar-refractivity contribution in [1.29, 1.82) is 0 Å². The maximum Gasteiger partial charge on any atom is 0.259 e. The summed E-state index contributed by atoms with van der Waals surface area (Å²) in [4.78, 5) is 27.5. The minimum atomic E-state index is -0.857. The van der Waals surface area contributed by atoms with E-state index in [-0.39, 0.29) is 11.8 Å². The lowest BCUT2D eigenvalue weighted by Gasteiger charge is -2.38. The number of nitrogens with zero attached hydrogens (tertiary/aromatic N) is 2. The van der Waals surface area contributed by atoms with Crippen molar-refractivity contribution >= 4 is 11.8 Å². The smallest absolute Gasteiger partial charge is 0.259 e. The summed E-state index contributed by atoms with van der Waals surface area (Å²) in [6.07, 6.45) is 0. The van der Waals surface area contributed by atoms with Gasteiger partial charge in [0.2, 0.25) is 5.91 Å². The second-order valence-corrected chi connectivity index (χ2v) is 5.57. The number of piperazine rings is 1. The molecule has 1 N–H and O–H groups in total. The van der Waals surface area contributed by atoms with Gasteiger partial charge in [-0.25, -0.2) is 8.78 Å². The lowest BCUT2D eigenvalue weighted by atomic mass is 10.0. The molecule has 2 heterocycles. The average molecular weight is 309 g/mol. The van der Waals surface area contributed by atoms with Crippen molar-refractivity contribution < 1.29 is 18.4 Å². The first-order chi connectivity index (χ1) is 10.6. The predicted molar refractivity (Wildman–Crippen MR) is 75.2 cm³/mol. The Labute approximate surface area is 126 Å². The molecule has 2 saturated heterocycles. The van der Waals surface area contributed by atoms with E-state index in [1.807, 2.05) is 0 Å². The molecule has 0 radical (unpaired) electrons. The number of hydrogen-bond acceptors (Lipinski definition) is 3. The lowest BCUT2D eigenvalue weighted by molar-refractivity contribution is -0.138. The average Bonchev–Trinajstić information content (AvgIpc) is 2.45. The normalized spacial score (nSPS) is 19.0. The Bertz CT molecular complexity index is 576. The Hall–Kier alpha value is -2.02. The van der Waals surface area contributed by atoms with Crippen molar-refractivity contribution in [3.63, 3.8) is 0 Å². The molecule has 22 heavy (non-hydrogen) atoms. The lowest BCUT2D eigenvalue weighted by Crippen LogP contribution is -2.57. The first-order valence-electron chi connectivity index (χ1n) is 7.30. The van der Waals surface area contributed by atoms with E-state index < -0.39 is 23.1 Å². The van der Waals surface area contributed by atoms with Gasteiger partial charge in [-0.3, -0.25) is 9.59 Å². The Balaban J connectivity index is 1.63. The van der Waals surface area contributed by atoms with Crippen molar-refractivity contribution in [2.75, 3.05) is 39.3 Å². The largest absolute Gasteiger partial charge is 0.339 e. The van der Waals surface area contributed by atoms with Gasteiger partial charge < -0.3 is 15.1 Å². The molecule has 0 aliphatic carbocycles. The summed E-state index contributed by atoms with van der Waals surface area (Å²) in [5.41, 5.74) is -0.523. The Morgan fingerprint density at radius 2 is 1.55 bits per heavy atom. The molecule has 7 heteroatoms. The Kier molecular flexibility index (Phi) is 4.06. The zero-order valence-electron chi connectivity index (χ0n) is 12.0. The van der Waals surface area contributed by atoms with Crippen LogP contribution in [-0.2, 0) is 4.79 Å². The molecule has 3 rings (SSSR count). The Morgan fingerprint density at radius 3 is 2.05 bits per heavy atom. The van der Waals surface area contributed by atoms with Gasteiger partial charge in [-0.1, -0.05) is 6.07 Å². The van der Waals surface area contributed by atoms with Crippen LogP contribution in [0.2, 0.25) is 0 Å². The number of hydrogen-bond donors (Lipinski definition) is 1. The van der Waals surface area contributed by atoms with Crippen LogP contribution in [0.1, 0.15) is 10.4 Å². The summed E-state index contributed by atoms with van der Waals surface area (Å²) in [5.74, 6) is -2.27. The number of rotatable bonds is 2.